The number of rotatable bonds is 3. The average Bonchev–Trinajstić information content (AvgIpc) is 2.61. The fourth-order valence-corrected chi connectivity index (χ4v) is 1.46. The summed E-state index contributed by atoms with van der Waals surface area (Å²) in [5.41, 5.74) is 0.732. The molecule has 0 bridgehead atoms. The standard InChI is InChI=1S/C15H10F3N.3C3H9P.Fe/c16-15(17,18)14-8-6-13(7-9-14)11-19-10-12-4-2-1-3-5-12;3*1-4(2)3;/h1-4,6,8-9,11H,10H2;3*1-3H3;/q-2;;;;+2/p+3. The molecule has 0 saturated heterocycles. The summed E-state index contributed by atoms with van der Waals surface area (Å²) in [5.74, 6) is 0. The van der Waals surface area contributed by atoms with Gasteiger partial charge in [0.05, 0.1) is 0 Å². The maximum Gasteiger partial charge on any atom is 2.00 e. The molecule has 2 aromatic rings. The molecule has 2 aromatic carbocycles. The number of alkyl halides is 3. The Morgan fingerprint density at radius 3 is 1.66 bits per heavy atom. The molecule has 0 N–H and O–H groups in total. The fourth-order valence-electron chi connectivity index (χ4n) is 1.46. The molecule has 0 amide bonds. The Hall–Kier alpha value is -0.291. The van der Waals surface area contributed by atoms with Gasteiger partial charge in [-0.3, -0.25) is 0 Å². The Morgan fingerprint density at radius 2 is 1.31 bits per heavy atom. The van der Waals surface area contributed by atoms with Crippen molar-refractivity contribution in [2.45, 2.75) is 12.7 Å². The van der Waals surface area contributed by atoms with E-state index >= 15 is 0 Å². The Bertz CT molecular complexity index is 667. The van der Waals surface area contributed by atoms with E-state index in [-0.39, 0.29) is 40.8 Å². The first-order valence-corrected chi connectivity index (χ1v) is 19.1. The van der Waals surface area contributed by atoms with Crippen LogP contribution >= 0.6 is 23.8 Å². The quantitative estimate of drug-likeness (QED) is 0.167. The van der Waals surface area contributed by atoms with Crippen molar-refractivity contribution in [2.75, 3.05) is 60.0 Å². The zero-order chi connectivity index (χ0) is 24.4. The SMILES string of the molecule is C[PH+](C)C.C[PH+](C)C.C[PH+](C)C.FC(F)(F)c1c[c-]c(C=NCc2[c-]cccc2)cc1.[Fe+2]. The number of hydrogen-bond donors (Lipinski definition) is 0. The Morgan fingerprint density at radius 1 is 0.812 bits per heavy atom. The summed E-state index contributed by atoms with van der Waals surface area (Å²) < 4.78 is 37.0. The molecule has 0 unspecified atom stereocenters. The molecule has 0 heterocycles. The summed E-state index contributed by atoms with van der Waals surface area (Å²) in [6.07, 6.45) is -2.83. The van der Waals surface area contributed by atoms with Gasteiger partial charge in [-0.1, -0.05) is 6.21 Å². The molecule has 0 spiro atoms. The maximum absolute atomic E-state index is 12.3. The van der Waals surface area contributed by atoms with Crippen molar-refractivity contribution in [1.29, 1.82) is 0 Å². The topological polar surface area (TPSA) is 12.4 Å². The second kappa shape index (κ2) is 21.3. The largest absolute Gasteiger partial charge is 2.00 e. The van der Waals surface area contributed by atoms with E-state index in [4.69, 9.17) is 0 Å². The molecule has 32 heavy (non-hydrogen) atoms. The predicted molar refractivity (Wildman–Crippen MR) is 145 cm³/mol. The van der Waals surface area contributed by atoms with Crippen molar-refractivity contribution in [1.82, 2.24) is 0 Å². The van der Waals surface area contributed by atoms with Gasteiger partial charge in [0.15, 0.2) is 0 Å². The number of hydrogen-bond acceptors (Lipinski definition) is 1. The zero-order valence-electron chi connectivity index (χ0n) is 20.8. The molecule has 0 radical (unpaired) electrons. The first-order valence-electron chi connectivity index (χ1n) is 10.1. The summed E-state index contributed by atoms with van der Waals surface area (Å²) in [6, 6.07) is 16.3. The van der Waals surface area contributed by atoms with Gasteiger partial charge in [0.25, 0.3) is 0 Å². The van der Waals surface area contributed by atoms with Gasteiger partial charge in [-0.05, 0) is 29.3 Å². The van der Waals surface area contributed by atoms with Crippen molar-refractivity contribution >= 4 is 30.0 Å². The maximum atomic E-state index is 12.3. The summed E-state index contributed by atoms with van der Waals surface area (Å²) in [4.78, 5) is 4.13. The van der Waals surface area contributed by atoms with Gasteiger partial charge in [0.1, 0.15) is 0 Å². The molecule has 0 aliphatic carbocycles. The van der Waals surface area contributed by atoms with E-state index in [0.29, 0.717) is 12.1 Å². The van der Waals surface area contributed by atoms with E-state index in [1.807, 2.05) is 18.2 Å². The zero-order valence-corrected chi connectivity index (χ0v) is 24.9. The van der Waals surface area contributed by atoms with Gasteiger partial charge in [-0.2, -0.15) is 43.5 Å². The minimum atomic E-state index is -4.33. The summed E-state index contributed by atoms with van der Waals surface area (Å²) >= 11 is 0. The molecule has 182 valence electrons. The van der Waals surface area contributed by atoms with Crippen molar-refractivity contribution in [3.63, 3.8) is 0 Å². The minimum absolute atomic E-state index is 0. The van der Waals surface area contributed by atoms with Crippen LogP contribution in [0.4, 0.5) is 13.2 Å². The molecule has 0 atom stereocenters. The molecule has 0 aliphatic rings. The van der Waals surface area contributed by atoms with Crippen LogP contribution in [0, 0.1) is 12.1 Å². The van der Waals surface area contributed by atoms with Crippen LogP contribution in [-0.2, 0) is 29.8 Å². The number of nitrogens with zero attached hydrogens (tertiary/aromatic N) is 1. The summed E-state index contributed by atoms with van der Waals surface area (Å²) in [6.45, 7) is 20.9. The van der Waals surface area contributed by atoms with E-state index in [1.54, 1.807) is 6.07 Å². The monoisotopic (exact) mass is 548 g/mol. The Kier molecular flexibility index (Phi) is 24.1. The Balaban J connectivity index is -0.000000539. The van der Waals surface area contributed by atoms with Crippen LogP contribution in [-0.4, -0.2) is 66.2 Å². The molecule has 0 fully saturated rings. The third-order valence-electron chi connectivity index (χ3n) is 2.43. The van der Waals surface area contributed by atoms with Crippen LogP contribution in [0.5, 0.6) is 0 Å². The van der Waals surface area contributed by atoms with Crippen molar-refractivity contribution in [3.05, 3.63) is 71.3 Å². The van der Waals surface area contributed by atoms with Crippen molar-refractivity contribution < 1.29 is 30.2 Å². The van der Waals surface area contributed by atoms with Crippen LogP contribution in [0.2, 0.25) is 0 Å². The molecule has 2 rings (SSSR count). The average molecular weight is 548 g/mol. The van der Waals surface area contributed by atoms with E-state index < -0.39 is 11.7 Å². The van der Waals surface area contributed by atoms with E-state index in [1.165, 1.54) is 12.3 Å². The number of benzene rings is 2. The summed E-state index contributed by atoms with van der Waals surface area (Å²) in [7, 11) is 0.361. The van der Waals surface area contributed by atoms with Gasteiger partial charge >= 0.3 is 23.2 Å². The van der Waals surface area contributed by atoms with Crippen LogP contribution in [0.15, 0.2) is 47.5 Å². The molecule has 0 aromatic heterocycles. The van der Waals surface area contributed by atoms with Gasteiger partial charge in [0.2, 0.25) is 0 Å². The van der Waals surface area contributed by atoms with Crippen molar-refractivity contribution in [2.24, 2.45) is 4.99 Å². The van der Waals surface area contributed by atoms with Crippen LogP contribution in [0.1, 0.15) is 16.7 Å². The predicted octanol–water partition coefficient (Wildman–Crippen LogP) is 7.19. The second-order valence-corrected chi connectivity index (χ2v) is 17.4. The normalized spacial score (nSPS) is 10.5. The number of halogens is 3. The van der Waals surface area contributed by atoms with Crippen molar-refractivity contribution in [3.8, 4) is 0 Å². The second-order valence-electron chi connectivity index (χ2n) is 8.39. The third kappa shape index (κ3) is 27.7. The number of aliphatic imine (C=N–C) groups is 1. The van der Waals surface area contributed by atoms with Crippen LogP contribution < -0.4 is 0 Å². The molecule has 1 nitrogen and oxygen atoms in total. The Labute approximate surface area is 208 Å². The molecular formula is C24H40F3FeNP3+3. The van der Waals surface area contributed by atoms with E-state index in [2.05, 4.69) is 77.1 Å². The molecule has 0 aliphatic heterocycles. The first-order chi connectivity index (χ1) is 14.3. The van der Waals surface area contributed by atoms with E-state index in [9.17, 15) is 13.2 Å². The fraction of sp³-hybridized carbons (Fsp3) is 0.458. The molecular weight excluding hydrogens is 508 g/mol. The summed E-state index contributed by atoms with van der Waals surface area (Å²) in [5, 5.41) is 0. The third-order valence-corrected chi connectivity index (χ3v) is 2.43. The van der Waals surface area contributed by atoms with Crippen LogP contribution in [0.25, 0.3) is 0 Å². The van der Waals surface area contributed by atoms with E-state index in [0.717, 1.165) is 17.7 Å². The van der Waals surface area contributed by atoms with Crippen LogP contribution in [0.3, 0.4) is 0 Å². The first kappa shape index (κ1) is 36.3. The van der Waals surface area contributed by atoms with Gasteiger partial charge in [-0.15, -0.1) is 35.4 Å². The van der Waals surface area contributed by atoms with Gasteiger partial charge < -0.3 is 4.99 Å². The van der Waals surface area contributed by atoms with Gasteiger partial charge in [0, 0.05) is 66.5 Å². The minimum Gasteiger partial charge on any atom is -0.338 e. The molecule has 8 heteroatoms. The molecule has 0 saturated carbocycles. The smallest absolute Gasteiger partial charge is 0.338 e. The van der Waals surface area contributed by atoms with Gasteiger partial charge in [-0.25, -0.2) is 0 Å².